The van der Waals surface area contributed by atoms with Crippen LogP contribution in [0.4, 0.5) is 5.69 Å². The van der Waals surface area contributed by atoms with Crippen molar-refractivity contribution in [2.45, 2.75) is 11.8 Å². The maximum Gasteiger partial charge on any atom is 0.264 e. The number of anilines is 1. The quantitative estimate of drug-likeness (QED) is 0.915. The Labute approximate surface area is 112 Å². The molecule has 0 aromatic heterocycles. The summed E-state index contributed by atoms with van der Waals surface area (Å²) in [7, 11) is -3.52. The van der Waals surface area contributed by atoms with Crippen molar-refractivity contribution in [2.75, 3.05) is 11.9 Å². The van der Waals surface area contributed by atoms with E-state index in [0.29, 0.717) is 12.2 Å². The highest BCUT2D eigenvalue weighted by Gasteiger charge is 2.21. The summed E-state index contributed by atoms with van der Waals surface area (Å²) in [6.45, 7) is 1.72. The molecule has 0 radical (unpaired) electrons. The highest BCUT2D eigenvalue weighted by Crippen LogP contribution is 2.19. The molecule has 0 spiro atoms. The van der Waals surface area contributed by atoms with Crippen LogP contribution in [0.2, 0.25) is 0 Å². The molecule has 6 heteroatoms. The lowest BCUT2D eigenvalue weighted by Gasteiger charge is -2.20. The molecule has 0 saturated heterocycles. The second kappa shape index (κ2) is 5.27. The number of rotatable bonds is 3. The van der Waals surface area contributed by atoms with Crippen molar-refractivity contribution >= 4 is 21.6 Å². The van der Waals surface area contributed by atoms with E-state index in [1.165, 1.54) is 29.6 Å². The fourth-order valence-corrected chi connectivity index (χ4v) is 2.94. The third-order valence-corrected chi connectivity index (χ3v) is 4.32. The first-order valence-electron chi connectivity index (χ1n) is 5.73. The van der Waals surface area contributed by atoms with Crippen molar-refractivity contribution in [3.05, 3.63) is 48.7 Å². The Kier molecular flexibility index (Phi) is 3.71. The number of carbonyl (C=O) groups is 1. The predicted octanol–water partition coefficient (Wildman–Crippen LogP) is 1.72. The van der Waals surface area contributed by atoms with Gasteiger partial charge in [-0.05, 0) is 30.3 Å². The van der Waals surface area contributed by atoms with Crippen LogP contribution in [-0.4, -0.2) is 25.2 Å². The lowest BCUT2D eigenvalue weighted by molar-refractivity contribution is -0.114. The molecule has 1 N–H and O–H groups in total. The van der Waals surface area contributed by atoms with Crippen LogP contribution in [0.1, 0.15) is 6.92 Å². The van der Waals surface area contributed by atoms with E-state index in [9.17, 15) is 13.2 Å². The molecule has 0 aliphatic carbocycles. The molecule has 19 heavy (non-hydrogen) atoms. The van der Waals surface area contributed by atoms with Crippen LogP contribution < -0.4 is 5.32 Å². The third kappa shape index (κ3) is 3.03. The van der Waals surface area contributed by atoms with Crippen molar-refractivity contribution in [3.63, 3.8) is 0 Å². The van der Waals surface area contributed by atoms with Gasteiger partial charge in [0.1, 0.15) is 0 Å². The number of nitrogens with one attached hydrogen (secondary N) is 1. The van der Waals surface area contributed by atoms with Gasteiger partial charge < -0.3 is 5.32 Å². The Balaban J connectivity index is 2.24. The van der Waals surface area contributed by atoms with Gasteiger partial charge in [-0.15, -0.1) is 0 Å². The van der Waals surface area contributed by atoms with Crippen molar-refractivity contribution in [3.8, 4) is 0 Å². The van der Waals surface area contributed by atoms with Gasteiger partial charge in [0.25, 0.3) is 10.0 Å². The lowest BCUT2D eigenvalue weighted by Crippen LogP contribution is -2.27. The van der Waals surface area contributed by atoms with Gasteiger partial charge in [-0.3, -0.25) is 9.10 Å². The van der Waals surface area contributed by atoms with E-state index in [1.54, 1.807) is 30.4 Å². The van der Waals surface area contributed by atoms with Gasteiger partial charge in [-0.25, -0.2) is 8.42 Å². The van der Waals surface area contributed by atoms with Gasteiger partial charge in [0.05, 0.1) is 11.4 Å². The number of hydrogen-bond donors (Lipinski definition) is 1. The van der Waals surface area contributed by atoms with Crippen molar-refractivity contribution in [2.24, 2.45) is 0 Å². The molecule has 100 valence electrons. The fraction of sp³-hybridized carbons (Fsp3) is 0.154. The second-order valence-electron chi connectivity index (χ2n) is 4.05. The van der Waals surface area contributed by atoms with E-state index in [2.05, 4.69) is 5.32 Å². The summed E-state index contributed by atoms with van der Waals surface area (Å²) in [5.41, 5.74) is 0.570. The van der Waals surface area contributed by atoms with Gasteiger partial charge in [0, 0.05) is 18.8 Å². The number of benzene rings is 1. The molecule has 0 atom stereocenters. The number of hydrogen-bond acceptors (Lipinski definition) is 3. The molecule has 5 nitrogen and oxygen atoms in total. The molecular weight excluding hydrogens is 264 g/mol. The van der Waals surface area contributed by atoms with Gasteiger partial charge in [0.2, 0.25) is 5.91 Å². The van der Waals surface area contributed by atoms with Crippen LogP contribution in [-0.2, 0) is 14.8 Å². The number of sulfonamides is 1. The highest BCUT2D eigenvalue weighted by atomic mass is 32.2. The Morgan fingerprint density at radius 2 is 1.89 bits per heavy atom. The molecule has 0 fully saturated rings. The van der Waals surface area contributed by atoms with Crippen LogP contribution >= 0.6 is 0 Å². The third-order valence-electron chi connectivity index (χ3n) is 2.57. The minimum atomic E-state index is -3.52. The van der Waals surface area contributed by atoms with Crippen molar-refractivity contribution in [1.29, 1.82) is 0 Å². The Morgan fingerprint density at radius 3 is 2.42 bits per heavy atom. The largest absolute Gasteiger partial charge is 0.326 e. The molecule has 1 aliphatic rings. The Hall–Kier alpha value is -2.08. The van der Waals surface area contributed by atoms with Gasteiger partial charge in [-0.2, -0.15) is 0 Å². The van der Waals surface area contributed by atoms with Gasteiger partial charge in [-0.1, -0.05) is 12.2 Å². The molecule has 1 amide bonds. The first-order valence-corrected chi connectivity index (χ1v) is 7.17. The summed E-state index contributed by atoms with van der Waals surface area (Å²) in [4.78, 5) is 11.1. The maximum absolute atomic E-state index is 12.3. The Bertz CT molecular complexity index is 630. The van der Waals surface area contributed by atoms with Crippen LogP contribution in [0.25, 0.3) is 0 Å². The molecular formula is C13H14N2O3S. The number of nitrogens with zero attached hydrogens (tertiary/aromatic N) is 1. The van der Waals surface area contributed by atoms with Crippen LogP contribution in [0, 0.1) is 0 Å². The monoisotopic (exact) mass is 278 g/mol. The standard InChI is InChI=1S/C13H14N2O3S/c1-11(16)14-12-5-7-13(8-6-12)19(17,18)15-9-3-2-4-10-15/h2-9H,10H2,1H3,(H,14,16). The van der Waals surface area contributed by atoms with E-state index in [0.717, 1.165) is 0 Å². The summed E-state index contributed by atoms with van der Waals surface area (Å²) < 4.78 is 25.8. The summed E-state index contributed by atoms with van der Waals surface area (Å²) in [5, 5.41) is 2.59. The zero-order chi connectivity index (χ0) is 13.9. The SMILES string of the molecule is CC(=O)Nc1ccc(S(=O)(=O)N2C=CC=CC2)cc1. The van der Waals surface area contributed by atoms with Crippen molar-refractivity contribution < 1.29 is 13.2 Å². The number of amides is 1. The topological polar surface area (TPSA) is 66.5 Å². The zero-order valence-corrected chi connectivity index (χ0v) is 11.2. The van der Waals surface area contributed by atoms with Crippen molar-refractivity contribution in [1.82, 2.24) is 4.31 Å². The van der Waals surface area contributed by atoms with Gasteiger partial charge >= 0.3 is 0 Å². The Morgan fingerprint density at radius 1 is 1.21 bits per heavy atom. The second-order valence-corrected chi connectivity index (χ2v) is 5.94. The average molecular weight is 278 g/mol. The minimum absolute atomic E-state index is 0.195. The minimum Gasteiger partial charge on any atom is -0.326 e. The van der Waals surface area contributed by atoms with E-state index < -0.39 is 10.0 Å². The van der Waals surface area contributed by atoms with Crippen LogP contribution in [0.3, 0.4) is 0 Å². The summed E-state index contributed by atoms with van der Waals surface area (Å²) in [6, 6.07) is 6.09. The van der Waals surface area contributed by atoms with E-state index >= 15 is 0 Å². The molecule has 1 aromatic rings. The molecule has 0 unspecified atom stereocenters. The molecule has 1 aliphatic heterocycles. The lowest BCUT2D eigenvalue weighted by atomic mass is 10.3. The molecule has 1 heterocycles. The zero-order valence-electron chi connectivity index (χ0n) is 10.4. The molecule has 0 saturated carbocycles. The van der Waals surface area contributed by atoms with E-state index in [4.69, 9.17) is 0 Å². The highest BCUT2D eigenvalue weighted by molar-refractivity contribution is 7.89. The maximum atomic E-state index is 12.3. The predicted molar refractivity (Wildman–Crippen MR) is 72.9 cm³/mol. The van der Waals surface area contributed by atoms with E-state index in [1.807, 2.05) is 0 Å². The number of allylic oxidation sites excluding steroid dienone is 2. The fourth-order valence-electron chi connectivity index (χ4n) is 1.68. The molecule has 0 bridgehead atoms. The number of carbonyl (C=O) groups excluding carboxylic acids is 1. The normalized spacial score (nSPS) is 14.5. The molecule has 1 aromatic carbocycles. The first-order chi connectivity index (χ1) is 9.00. The summed E-state index contributed by atoms with van der Waals surface area (Å²) >= 11 is 0. The summed E-state index contributed by atoms with van der Waals surface area (Å²) in [6.07, 6.45) is 6.76. The average Bonchev–Trinajstić information content (AvgIpc) is 2.40. The van der Waals surface area contributed by atoms with Crippen LogP contribution in [0.15, 0.2) is 53.6 Å². The summed E-state index contributed by atoms with van der Waals surface area (Å²) in [5.74, 6) is -0.195. The van der Waals surface area contributed by atoms with Gasteiger partial charge in [0.15, 0.2) is 0 Å². The smallest absolute Gasteiger partial charge is 0.264 e. The van der Waals surface area contributed by atoms with Crippen LogP contribution in [0.5, 0.6) is 0 Å². The van der Waals surface area contributed by atoms with E-state index in [-0.39, 0.29) is 10.8 Å². The molecule has 2 rings (SSSR count). The first kappa shape index (κ1) is 13.4.